The molecule has 2 aliphatic rings. The van der Waals surface area contributed by atoms with Gasteiger partial charge in [0.15, 0.2) is 0 Å². The average Bonchev–Trinajstić information content (AvgIpc) is 3.46. The van der Waals surface area contributed by atoms with E-state index >= 15 is 0 Å². The number of carbonyl (C=O) groups is 2. The topological polar surface area (TPSA) is 58.4 Å². The third kappa shape index (κ3) is 3.00. The molecule has 2 fully saturated rings. The number of aromatic nitrogens is 2. The lowest BCUT2D eigenvalue weighted by molar-refractivity contribution is 0.0532. The molecule has 6 heteroatoms. The molecule has 0 unspecified atom stereocenters. The molecule has 2 aromatic rings. The van der Waals surface area contributed by atoms with Gasteiger partial charge in [0.05, 0.1) is 5.56 Å². The molecule has 0 bridgehead atoms. The number of aryl methyl sites for hydroxylation is 1. The summed E-state index contributed by atoms with van der Waals surface area (Å²) in [4.78, 5) is 33.2. The van der Waals surface area contributed by atoms with Gasteiger partial charge in [-0.2, -0.15) is 0 Å². The molecule has 1 saturated heterocycles. The van der Waals surface area contributed by atoms with Gasteiger partial charge in [-0.1, -0.05) is 6.07 Å². The van der Waals surface area contributed by atoms with Crippen molar-refractivity contribution in [1.82, 2.24) is 19.4 Å². The number of pyridine rings is 1. The van der Waals surface area contributed by atoms with Gasteiger partial charge in [-0.05, 0) is 44.9 Å². The molecule has 2 aromatic heterocycles. The Hall–Kier alpha value is -2.63. The maximum Gasteiger partial charge on any atom is 0.272 e. The first kappa shape index (κ1) is 16.8. The molecular formula is C20H24N4O2. The van der Waals surface area contributed by atoms with E-state index in [2.05, 4.69) is 16.5 Å². The highest BCUT2D eigenvalue weighted by Crippen LogP contribution is 2.38. The van der Waals surface area contributed by atoms with Crippen LogP contribution in [0.1, 0.15) is 51.1 Å². The molecule has 4 rings (SSSR count). The molecule has 136 valence electrons. The van der Waals surface area contributed by atoms with Crippen LogP contribution in [0.3, 0.4) is 0 Å². The molecule has 6 nitrogen and oxygen atoms in total. The van der Waals surface area contributed by atoms with E-state index in [0.29, 0.717) is 37.9 Å². The molecule has 0 aromatic carbocycles. The summed E-state index contributed by atoms with van der Waals surface area (Å²) >= 11 is 0. The minimum absolute atomic E-state index is 0.0652. The van der Waals surface area contributed by atoms with Crippen molar-refractivity contribution < 1.29 is 9.59 Å². The minimum Gasteiger partial charge on any atom is -0.345 e. The van der Waals surface area contributed by atoms with Crippen molar-refractivity contribution in [3.05, 3.63) is 53.1 Å². The normalized spacial score (nSPS) is 17.5. The first-order valence-electron chi connectivity index (χ1n) is 9.24. The van der Waals surface area contributed by atoms with E-state index in [-0.39, 0.29) is 11.8 Å². The van der Waals surface area contributed by atoms with Gasteiger partial charge in [0.25, 0.3) is 11.8 Å². The van der Waals surface area contributed by atoms with Crippen LogP contribution in [0.15, 0.2) is 30.5 Å². The van der Waals surface area contributed by atoms with Crippen LogP contribution in [-0.2, 0) is 0 Å². The number of hydrogen-bond donors (Lipinski definition) is 0. The molecule has 0 radical (unpaired) electrons. The summed E-state index contributed by atoms with van der Waals surface area (Å²) in [5, 5.41) is 0. The molecule has 1 saturated carbocycles. The van der Waals surface area contributed by atoms with Crippen molar-refractivity contribution in [3.8, 4) is 0 Å². The monoisotopic (exact) mass is 352 g/mol. The highest BCUT2D eigenvalue weighted by atomic mass is 16.2. The second-order valence-corrected chi connectivity index (χ2v) is 7.19. The van der Waals surface area contributed by atoms with Crippen LogP contribution >= 0.6 is 0 Å². The number of rotatable bonds is 3. The van der Waals surface area contributed by atoms with Gasteiger partial charge in [0.2, 0.25) is 0 Å². The third-order valence-electron chi connectivity index (χ3n) is 5.36. The second-order valence-electron chi connectivity index (χ2n) is 7.19. The van der Waals surface area contributed by atoms with Crippen molar-refractivity contribution in [3.63, 3.8) is 0 Å². The van der Waals surface area contributed by atoms with Crippen molar-refractivity contribution >= 4 is 11.8 Å². The van der Waals surface area contributed by atoms with Crippen molar-refractivity contribution in [1.29, 1.82) is 0 Å². The van der Waals surface area contributed by atoms with E-state index in [1.807, 2.05) is 24.0 Å². The Morgan fingerprint density at radius 2 is 1.65 bits per heavy atom. The lowest BCUT2D eigenvalue weighted by atomic mass is 10.2. The number of carbonyl (C=O) groups excluding carboxylic acids is 2. The van der Waals surface area contributed by atoms with E-state index in [9.17, 15) is 9.59 Å². The summed E-state index contributed by atoms with van der Waals surface area (Å²) in [6.07, 6.45) is 4.04. The van der Waals surface area contributed by atoms with Crippen LogP contribution < -0.4 is 0 Å². The Labute approximate surface area is 153 Å². The summed E-state index contributed by atoms with van der Waals surface area (Å²) in [5.74, 6) is 0.0135. The Morgan fingerprint density at radius 3 is 2.23 bits per heavy atom. The summed E-state index contributed by atoms with van der Waals surface area (Å²) < 4.78 is 2.30. The lowest BCUT2D eigenvalue weighted by Crippen LogP contribution is -2.50. The Bertz CT molecular complexity index is 831. The molecule has 26 heavy (non-hydrogen) atoms. The standard InChI is InChI=1S/C20H24N4O2/c1-14-13-17(15(2)24(14)16-6-7-16)19(25)22-9-11-23(12-10-22)20(26)18-5-3-4-8-21-18/h3-5,8,13,16H,6-7,9-12H2,1-2H3. The fraction of sp³-hybridized carbons (Fsp3) is 0.450. The first-order chi connectivity index (χ1) is 12.6. The molecule has 1 aliphatic carbocycles. The smallest absolute Gasteiger partial charge is 0.272 e. The predicted molar refractivity (Wildman–Crippen MR) is 98.2 cm³/mol. The number of piperazine rings is 1. The van der Waals surface area contributed by atoms with Gasteiger partial charge in [0, 0.05) is 49.8 Å². The van der Waals surface area contributed by atoms with E-state index in [1.165, 1.54) is 12.8 Å². The molecule has 1 aliphatic heterocycles. The van der Waals surface area contributed by atoms with E-state index < -0.39 is 0 Å². The van der Waals surface area contributed by atoms with Crippen molar-refractivity contribution in [2.45, 2.75) is 32.7 Å². The summed E-state index contributed by atoms with van der Waals surface area (Å²) in [5.41, 5.74) is 3.50. The average molecular weight is 352 g/mol. The van der Waals surface area contributed by atoms with E-state index in [1.54, 1.807) is 23.2 Å². The van der Waals surface area contributed by atoms with Gasteiger partial charge in [0.1, 0.15) is 5.69 Å². The van der Waals surface area contributed by atoms with Gasteiger partial charge in [-0.25, -0.2) is 0 Å². The molecule has 2 amide bonds. The molecule has 3 heterocycles. The Kier molecular flexibility index (Phi) is 4.26. The predicted octanol–water partition coefficient (Wildman–Crippen LogP) is 2.43. The summed E-state index contributed by atoms with van der Waals surface area (Å²) in [7, 11) is 0. The molecule has 0 atom stereocenters. The SMILES string of the molecule is Cc1cc(C(=O)N2CCN(C(=O)c3ccccn3)CC2)c(C)n1C1CC1. The zero-order valence-corrected chi connectivity index (χ0v) is 15.3. The quantitative estimate of drug-likeness (QED) is 0.852. The minimum atomic E-state index is -0.0652. The van der Waals surface area contributed by atoms with Gasteiger partial charge >= 0.3 is 0 Å². The highest BCUT2D eigenvalue weighted by Gasteiger charge is 2.31. The van der Waals surface area contributed by atoms with E-state index in [4.69, 9.17) is 0 Å². The largest absolute Gasteiger partial charge is 0.345 e. The molecular weight excluding hydrogens is 328 g/mol. The zero-order valence-electron chi connectivity index (χ0n) is 15.3. The van der Waals surface area contributed by atoms with Crippen LogP contribution in [0.2, 0.25) is 0 Å². The Balaban J connectivity index is 1.43. The van der Waals surface area contributed by atoms with Crippen LogP contribution in [0.4, 0.5) is 0 Å². The fourth-order valence-electron chi connectivity index (χ4n) is 3.82. The molecule has 0 spiro atoms. The highest BCUT2D eigenvalue weighted by molar-refractivity contribution is 5.96. The number of hydrogen-bond acceptors (Lipinski definition) is 3. The number of amides is 2. The Morgan fingerprint density at radius 1 is 1.00 bits per heavy atom. The maximum atomic E-state index is 13.0. The third-order valence-corrected chi connectivity index (χ3v) is 5.36. The lowest BCUT2D eigenvalue weighted by Gasteiger charge is -2.34. The van der Waals surface area contributed by atoms with Gasteiger partial charge in [-0.15, -0.1) is 0 Å². The molecule has 0 N–H and O–H groups in total. The summed E-state index contributed by atoms with van der Waals surface area (Å²) in [6, 6.07) is 7.93. The van der Waals surface area contributed by atoms with E-state index in [0.717, 1.165) is 17.0 Å². The zero-order chi connectivity index (χ0) is 18.3. The van der Waals surface area contributed by atoms with Gasteiger partial charge < -0.3 is 14.4 Å². The first-order valence-corrected chi connectivity index (χ1v) is 9.24. The van der Waals surface area contributed by atoms with Crippen LogP contribution in [-0.4, -0.2) is 57.3 Å². The van der Waals surface area contributed by atoms with Crippen LogP contribution in [0, 0.1) is 13.8 Å². The maximum absolute atomic E-state index is 13.0. The van der Waals surface area contributed by atoms with Crippen molar-refractivity contribution in [2.24, 2.45) is 0 Å². The van der Waals surface area contributed by atoms with Crippen molar-refractivity contribution in [2.75, 3.05) is 26.2 Å². The fourth-order valence-corrected chi connectivity index (χ4v) is 3.82. The van der Waals surface area contributed by atoms with Crippen LogP contribution in [0.5, 0.6) is 0 Å². The summed E-state index contributed by atoms with van der Waals surface area (Å²) in [6.45, 7) is 6.32. The second kappa shape index (κ2) is 6.59. The van der Waals surface area contributed by atoms with Gasteiger partial charge in [-0.3, -0.25) is 14.6 Å². The number of nitrogens with zero attached hydrogens (tertiary/aromatic N) is 4. The van der Waals surface area contributed by atoms with Crippen LogP contribution in [0.25, 0.3) is 0 Å².